The number of benzene rings is 2. The Morgan fingerprint density at radius 3 is 2.58 bits per heavy atom. The van der Waals surface area contributed by atoms with E-state index in [0.717, 1.165) is 16.7 Å². The number of nitrogens with zero attached hydrogens (tertiary/aromatic N) is 1. The molecule has 3 aromatic rings. The van der Waals surface area contributed by atoms with E-state index < -0.39 is 12.1 Å². The maximum atomic E-state index is 12.2. The molecular weight excluding hydrogens is 394 g/mol. The molecule has 31 heavy (non-hydrogen) atoms. The summed E-state index contributed by atoms with van der Waals surface area (Å²) in [6.45, 7) is 3.75. The highest BCUT2D eigenvalue weighted by molar-refractivity contribution is 5.97. The largest absolute Gasteiger partial charge is 0.489 e. The monoisotopic (exact) mass is 419 g/mol. The van der Waals surface area contributed by atoms with Crippen molar-refractivity contribution in [2.75, 3.05) is 0 Å². The van der Waals surface area contributed by atoms with Crippen molar-refractivity contribution in [3.05, 3.63) is 89.2 Å². The van der Waals surface area contributed by atoms with Crippen molar-refractivity contribution in [1.29, 1.82) is 0 Å². The Morgan fingerprint density at radius 2 is 1.90 bits per heavy atom. The Balaban J connectivity index is 1.88. The standard InChI is InChI=1S/C25H25NO5/c1-17-6-3-4-8-21(17)23(11-12-25(28)29)31-24-14-20(9-10-22(24)18(2)27)30-16-19-7-5-13-26-15-19/h3-10,13-15,23H,11-12,16H2,1-2H3,(H,28,29)/t23-/m1/s1. The van der Waals surface area contributed by atoms with Gasteiger partial charge in [0.05, 0.1) is 5.56 Å². The molecule has 0 radical (unpaired) electrons. The van der Waals surface area contributed by atoms with E-state index >= 15 is 0 Å². The van der Waals surface area contributed by atoms with E-state index in [1.54, 1.807) is 30.6 Å². The topological polar surface area (TPSA) is 85.7 Å². The number of hydrogen-bond acceptors (Lipinski definition) is 5. The molecule has 0 amide bonds. The van der Waals surface area contributed by atoms with Gasteiger partial charge in [0.2, 0.25) is 0 Å². The number of carboxylic acids is 1. The number of aryl methyl sites for hydroxylation is 1. The van der Waals surface area contributed by atoms with Crippen LogP contribution in [0.1, 0.15) is 52.9 Å². The lowest BCUT2D eigenvalue weighted by atomic mass is 9.99. The molecule has 3 rings (SSSR count). The van der Waals surface area contributed by atoms with Gasteiger partial charge in [0.25, 0.3) is 0 Å². The minimum Gasteiger partial charge on any atom is -0.489 e. The number of hydrogen-bond donors (Lipinski definition) is 1. The van der Waals surface area contributed by atoms with Crippen LogP contribution in [0, 0.1) is 6.92 Å². The van der Waals surface area contributed by atoms with Gasteiger partial charge in [-0.25, -0.2) is 0 Å². The maximum absolute atomic E-state index is 12.2. The van der Waals surface area contributed by atoms with E-state index in [1.807, 2.05) is 43.3 Å². The zero-order valence-corrected chi connectivity index (χ0v) is 17.6. The minimum atomic E-state index is -0.900. The summed E-state index contributed by atoms with van der Waals surface area (Å²) in [6.07, 6.45) is 3.13. The summed E-state index contributed by atoms with van der Waals surface area (Å²) in [5.41, 5.74) is 3.22. The van der Waals surface area contributed by atoms with Crippen LogP contribution in [0.15, 0.2) is 67.0 Å². The van der Waals surface area contributed by atoms with Crippen molar-refractivity contribution in [2.24, 2.45) is 0 Å². The second-order valence-corrected chi connectivity index (χ2v) is 7.26. The number of pyridine rings is 1. The van der Waals surface area contributed by atoms with Crippen LogP contribution in [-0.2, 0) is 11.4 Å². The number of rotatable bonds is 10. The highest BCUT2D eigenvalue weighted by Crippen LogP contribution is 2.33. The molecule has 6 nitrogen and oxygen atoms in total. The van der Waals surface area contributed by atoms with Gasteiger partial charge in [-0.15, -0.1) is 0 Å². The molecule has 0 fully saturated rings. The molecule has 6 heteroatoms. The Labute approximate surface area is 181 Å². The van der Waals surface area contributed by atoms with Gasteiger partial charge in [-0.3, -0.25) is 14.6 Å². The van der Waals surface area contributed by atoms with Crippen molar-refractivity contribution < 1.29 is 24.2 Å². The molecule has 0 bridgehead atoms. The average Bonchev–Trinajstić information content (AvgIpc) is 2.76. The number of carbonyl (C=O) groups is 2. The molecule has 160 valence electrons. The summed E-state index contributed by atoms with van der Waals surface area (Å²) in [5.74, 6) is -0.126. The number of Topliss-reactive ketones (excluding diaryl/α,β-unsaturated/α-hetero) is 1. The van der Waals surface area contributed by atoms with E-state index in [4.69, 9.17) is 9.47 Å². The van der Waals surface area contributed by atoms with Gasteiger partial charge in [-0.1, -0.05) is 30.3 Å². The number of aromatic nitrogens is 1. The fourth-order valence-electron chi connectivity index (χ4n) is 3.26. The van der Waals surface area contributed by atoms with Gasteiger partial charge < -0.3 is 14.6 Å². The van der Waals surface area contributed by atoms with Gasteiger partial charge >= 0.3 is 5.97 Å². The number of ketones is 1. The number of carbonyl (C=O) groups excluding carboxylic acids is 1. The van der Waals surface area contributed by atoms with Crippen LogP contribution in [0.4, 0.5) is 0 Å². The first-order valence-electron chi connectivity index (χ1n) is 10.0. The fraction of sp³-hybridized carbons (Fsp3) is 0.240. The van der Waals surface area contributed by atoms with E-state index in [0.29, 0.717) is 23.7 Å². The number of ether oxygens (including phenoxy) is 2. The summed E-state index contributed by atoms with van der Waals surface area (Å²) >= 11 is 0. The zero-order valence-electron chi connectivity index (χ0n) is 17.6. The molecule has 1 heterocycles. The molecule has 0 saturated heterocycles. The minimum absolute atomic E-state index is 0.0500. The van der Waals surface area contributed by atoms with Crippen LogP contribution in [-0.4, -0.2) is 21.8 Å². The summed E-state index contributed by atoms with van der Waals surface area (Å²) in [4.78, 5) is 27.4. The molecule has 0 spiro atoms. The van der Waals surface area contributed by atoms with Crippen molar-refractivity contribution in [2.45, 2.75) is 39.4 Å². The molecule has 0 aliphatic carbocycles. The lowest BCUT2D eigenvalue weighted by molar-refractivity contribution is -0.137. The quantitative estimate of drug-likeness (QED) is 0.457. The molecular formula is C25H25NO5. The molecule has 0 aliphatic rings. The van der Waals surface area contributed by atoms with E-state index in [1.165, 1.54) is 6.92 Å². The second-order valence-electron chi connectivity index (χ2n) is 7.26. The third-order valence-electron chi connectivity index (χ3n) is 4.89. The van der Waals surface area contributed by atoms with Crippen molar-refractivity contribution >= 4 is 11.8 Å². The third kappa shape index (κ3) is 6.15. The van der Waals surface area contributed by atoms with Crippen molar-refractivity contribution in [3.8, 4) is 11.5 Å². The first-order chi connectivity index (χ1) is 14.9. The van der Waals surface area contributed by atoms with Crippen molar-refractivity contribution in [1.82, 2.24) is 4.98 Å². The number of carboxylic acid groups (broad SMARTS) is 1. The average molecular weight is 419 g/mol. The summed E-state index contributed by atoms with van der Waals surface area (Å²) in [6, 6.07) is 16.5. The van der Waals surface area contributed by atoms with Crippen LogP contribution in [0.25, 0.3) is 0 Å². The van der Waals surface area contributed by atoms with Gasteiger partial charge in [-0.2, -0.15) is 0 Å². The van der Waals surface area contributed by atoms with Gasteiger partial charge in [-0.05, 0) is 49.6 Å². The predicted molar refractivity (Wildman–Crippen MR) is 116 cm³/mol. The molecule has 2 aromatic carbocycles. The van der Waals surface area contributed by atoms with E-state index in [9.17, 15) is 14.7 Å². The summed E-state index contributed by atoms with van der Waals surface area (Å²) < 4.78 is 12.1. The third-order valence-corrected chi connectivity index (χ3v) is 4.89. The summed E-state index contributed by atoms with van der Waals surface area (Å²) in [5, 5.41) is 9.18. The Bertz CT molecular complexity index is 1050. The molecule has 0 aliphatic heterocycles. The van der Waals surface area contributed by atoms with Crippen LogP contribution in [0.2, 0.25) is 0 Å². The first-order valence-corrected chi connectivity index (χ1v) is 10.0. The van der Waals surface area contributed by atoms with Gasteiger partial charge in [0.1, 0.15) is 24.2 Å². The first kappa shape index (κ1) is 22.0. The van der Waals surface area contributed by atoms with Gasteiger partial charge in [0, 0.05) is 30.4 Å². The fourth-order valence-corrected chi connectivity index (χ4v) is 3.26. The molecule has 1 N–H and O–H groups in total. The summed E-state index contributed by atoms with van der Waals surface area (Å²) in [7, 11) is 0. The molecule has 1 aromatic heterocycles. The number of aliphatic carboxylic acids is 1. The smallest absolute Gasteiger partial charge is 0.303 e. The van der Waals surface area contributed by atoms with Gasteiger partial charge in [0.15, 0.2) is 5.78 Å². The zero-order chi connectivity index (χ0) is 22.2. The second kappa shape index (κ2) is 10.4. The highest BCUT2D eigenvalue weighted by atomic mass is 16.5. The van der Waals surface area contributed by atoms with E-state index in [2.05, 4.69) is 4.98 Å². The molecule has 0 unspecified atom stereocenters. The Hall–Kier alpha value is -3.67. The van der Waals surface area contributed by atoms with Crippen LogP contribution < -0.4 is 9.47 Å². The Morgan fingerprint density at radius 1 is 1.10 bits per heavy atom. The predicted octanol–water partition coefficient (Wildman–Crippen LogP) is 5.16. The van der Waals surface area contributed by atoms with Crippen LogP contribution in [0.5, 0.6) is 11.5 Å². The highest BCUT2D eigenvalue weighted by Gasteiger charge is 2.20. The molecule has 0 saturated carbocycles. The lowest BCUT2D eigenvalue weighted by Crippen LogP contribution is -2.13. The van der Waals surface area contributed by atoms with Crippen molar-refractivity contribution in [3.63, 3.8) is 0 Å². The SMILES string of the molecule is CC(=O)c1ccc(OCc2cccnc2)cc1O[C@H](CCC(=O)O)c1ccccc1C. The normalized spacial score (nSPS) is 11.5. The molecule has 1 atom stereocenters. The maximum Gasteiger partial charge on any atom is 0.303 e. The Kier molecular flexibility index (Phi) is 7.38. The lowest BCUT2D eigenvalue weighted by Gasteiger charge is -2.22. The van der Waals surface area contributed by atoms with Crippen LogP contribution in [0.3, 0.4) is 0 Å². The van der Waals surface area contributed by atoms with Crippen LogP contribution >= 0.6 is 0 Å². The van der Waals surface area contributed by atoms with E-state index in [-0.39, 0.29) is 18.6 Å².